The third-order valence-corrected chi connectivity index (χ3v) is 4.14. The van der Waals surface area contributed by atoms with E-state index in [0.29, 0.717) is 13.0 Å². The number of rotatable bonds is 7. The van der Waals surface area contributed by atoms with Gasteiger partial charge in [0.05, 0.1) is 13.5 Å². The summed E-state index contributed by atoms with van der Waals surface area (Å²) in [5.41, 5.74) is 2.09. The van der Waals surface area contributed by atoms with Gasteiger partial charge < -0.3 is 10.1 Å². The van der Waals surface area contributed by atoms with Gasteiger partial charge in [0.2, 0.25) is 5.91 Å². The molecule has 3 nitrogen and oxygen atoms in total. The van der Waals surface area contributed by atoms with Crippen LogP contribution in [-0.4, -0.2) is 18.8 Å². The Morgan fingerprint density at radius 3 is 2.27 bits per heavy atom. The summed E-state index contributed by atoms with van der Waals surface area (Å²) >= 11 is 1.82. The standard InChI is InChI=1S/C18H21NO2S/c1-3-22-17-10-6-15(7-11-17)13-19-18(20)12-14-4-8-16(21-2)9-5-14/h4-11H,3,12-13H2,1-2H3,(H,19,20). The summed E-state index contributed by atoms with van der Waals surface area (Å²) in [7, 11) is 1.63. The SMILES string of the molecule is CCSc1ccc(CNC(=O)Cc2ccc(OC)cc2)cc1. The van der Waals surface area contributed by atoms with E-state index in [1.807, 2.05) is 36.0 Å². The minimum atomic E-state index is 0.0252. The molecule has 0 bridgehead atoms. The van der Waals surface area contributed by atoms with Crippen molar-refractivity contribution < 1.29 is 9.53 Å². The number of carbonyl (C=O) groups excluding carboxylic acids is 1. The molecule has 1 N–H and O–H groups in total. The van der Waals surface area contributed by atoms with Gasteiger partial charge in [0, 0.05) is 11.4 Å². The van der Waals surface area contributed by atoms with Crippen LogP contribution in [0.25, 0.3) is 0 Å². The van der Waals surface area contributed by atoms with Crippen LogP contribution in [0.15, 0.2) is 53.4 Å². The van der Waals surface area contributed by atoms with Crippen LogP contribution in [0.2, 0.25) is 0 Å². The van der Waals surface area contributed by atoms with Gasteiger partial charge in [0.15, 0.2) is 0 Å². The molecule has 0 radical (unpaired) electrons. The molecule has 22 heavy (non-hydrogen) atoms. The Kier molecular flexibility index (Phi) is 6.34. The molecule has 116 valence electrons. The van der Waals surface area contributed by atoms with Gasteiger partial charge in [-0.2, -0.15) is 0 Å². The zero-order valence-corrected chi connectivity index (χ0v) is 13.8. The molecule has 1 amide bonds. The number of nitrogens with one attached hydrogen (secondary N) is 1. The summed E-state index contributed by atoms with van der Waals surface area (Å²) in [5.74, 6) is 1.89. The molecule has 2 aromatic rings. The zero-order valence-electron chi connectivity index (χ0n) is 13.0. The Morgan fingerprint density at radius 2 is 1.68 bits per heavy atom. The van der Waals surface area contributed by atoms with Gasteiger partial charge in [-0.3, -0.25) is 4.79 Å². The minimum absolute atomic E-state index is 0.0252. The number of hydrogen-bond acceptors (Lipinski definition) is 3. The topological polar surface area (TPSA) is 38.3 Å². The number of benzene rings is 2. The molecular formula is C18H21NO2S. The Labute approximate surface area is 136 Å². The molecule has 0 aliphatic carbocycles. The smallest absolute Gasteiger partial charge is 0.224 e. The molecule has 0 fully saturated rings. The van der Waals surface area contributed by atoms with Gasteiger partial charge in [-0.25, -0.2) is 0 Å². The van der Waals surface area contributed by atoms with Crippen molar-refractivity contribution in [1.82, 2.24) is 5.32 Å². The van der Waals surface area contributed by atoms with Crippen LogP contribution in [0, 0.1) is 0 Å². The highest BCUT2D eigenvalue weighted by Gasteiger charge is 2.04. The molecule has 0 spiro atoms. The first-order valence-corrected chi connectivity index (χ1v) is 8.31. The molecule has 0 aliphatic heterocycles. The summed E-state index contributed by atoms with van der Waals surface area (Å²) in [5, 5.41) is 2.95. The quantitative estimate of drug-likeness (QED) is 0.792. The van der Waals surface area contributed by atoms with E-state index in [4.69, 9.17) is 4.74 Å². The largest absolute Gasteiger partial charge is 0.497 e. The third-order valence-electron chi connectivity index (χ3n) is 3.25. The average molecular weight is 315 g/mol. The van der Waals surface area contributed by atoms with E-state index in [9.17, 15) is 4.79 Å². The average Bonchev–Trinajstić information content (AvgIpc) is 2.55. The van der Waals surface area contributed by atoms with Crippen LogP contribution in [-0.2, 0) is 17.8 Å². The van der Waals surface area contributed by atoms with Crippen LogP contribution in [0.4, 0.5) is 0 Å². The first kappa shape index (κ1) is 16.4. The Morgan fingerprint density at radius 1 is 1.05 bits per heavy atom. The highest BCUT2D eigenvalue weighted by atomic mass is 32.2. The van der Waals surface area contributed by atoms with Crippen LogP contribution >= 0.6 is 11.8 Å². The van der Waals surface area contributed by atoms with E-state index in [1.165, 1.54) is 4.90 Å². The lowest BCUT2D eigenvalue weighted by Crippen LogP contribution is -2.24. The van der Waals surface area contributed by atoms with Crippen LogP contribution in [0.5, 0.6) is 5.75 Å². The normalized spacial score (nSPS) is 10.3. The van der Waals surface area contributed by atoms with Crippen molar-refractivity contribution in [3.8, 4) is 5.75 Å². The molecule has 0 aliphatic rings. The fraction of sp³-hybridized carbons (Fsp3) is 0.278. The number of amides is 1. The molecule has 0 unspecified atom stereocenters. The summed E-state index contributed by atoms with van der Waals surface area (Å²) < 4.78 is 5.10. The van der Waals surface area contributed by atoms with Crippen molar-refractivity contribution in [2.24, 2.45) is 0 Å². The van der Waals surface area contributed by atoms with Crippen molar-refractivity contribution >= 4 is 17.7 Å². The van der Waals surface area contributed by atoms with Crippen molar-refractivity contribution in [1.29, 1.82) is 0 Å². The Hall–Kier alpha value is -1.94. The predicted octanol–water partition coefficient (Wildman–Crippen LogP) is 3.67. The first-order chi connectivity index (χ1) is 10.7. The van der Waals surface area contributed by atoms with Gasteiger partial charge in [-0.15, -0.1) is 11.8 Å². The fourth-order valence-electron chi connectivity index (χ4n) is 2.06. The lowest BCUT2D eigenvalue weighted by Gasteiger charge is -2.07. The fourth-order valence-corrected chi connectivity index (χ4v) is 2.72. The molecule has 0 aromatic heterocycles. The molecule has 0 heterocycles. The zero-order chi connectivity index (χ0) is 15.8. The lowest BCUT2D eigenvalue weighted by molar-refractivity contribution is -0.120. The number of hydrogen-bond donors (Lipinski definition) is 1. The van der Waals surface area contributed by atoms with E-state index >= 15 is 0 Å². The van der Waals surface area contributed by atoms with Crippen molar-refractivity contribution in [3.63, 3.8) is 0 Å². The summed E-state index contributed by atoms with van der Waals surface area (Å²) in [4.78, 5) is 13.2. The maximum atomic E-state index is 12.0. The molecule has 4 heteroatoms. The summed E-state index contributed by atoms with van der Waals surface area (Å²) in [6.45, 7) is 2.70. The Bertz CT molecular complexity index is 593. The van der Waals surface area contributed by atoms with E-state index in [-0.39, 0.29) is 5.91 Å². The monoisotopic (exact) mass is 315 g/mol. The molecule has 0 atom stereocenters. The van der Waals surface area contributed by atoms with Crippen LogP contribution in [0.3, 0.4) is 0 Å². The van der Waals surface area contributed by atoms with E-state index < -0.39 is 0 Å². The maximum absolute atomic E-state index is 12.0. The van der Waals surface area contributed by atoms with E-state index in [1.54, 1.807) is 7.11 Å². The van der Waals surface area contributed by atoms with Crippen LogP contribution in [0.1, 0.15) is 18.1 Å². The lowest BCUT2D eigenvalue weighted by atomic mass is 10.1. The number of carbonyl (C=O) groups is 1. The van der Waals surface area contributed by atoms with Gasteiger partial charge in [0.25, 0.3) is 0 Å². The predicted molar refractivity (Wildman–Crippen MR) is 91.4 cm³/mol. The van der Waals surface area contributed by atoms with Crippen molar-refractivity contribution in [2.75, 3.05) is 12.9 Å². The first-order valence-electron chi connectivity index (χ1n) is 7.32. The highest BCUT2D eigenvalue weighted by Crippen LogP contribution is 2.17. The van der Waals surface area contributed by atoms with Gasteiger partial charge >= 0.3 is 0 Å². The summed E-state index contributed by atoms with van der Waals surface area (Å²) in [6.07, 6.45) is 0.383. The van der Waals surface area contributed by atoms with Gasteiger partial charge in [0.1, 0.15) is 5.75 Å². The molecule has 0 saturated heterocycles. The second kappa shape index (κ2) is 8.49. The Balaban J connectivity index is 1.81. The number of methoxy groups -OCH3 is 1. The van der Waals surface area contributed by atoms with E-state index in [2.05, 4.69) is 36.5 Å². The number of thioether (sulfide) groups is 1. The number of ether oxygens (including phenoxy) is 1. The van der Waals surface area contributed by atoms with Crippen LogP contribution < -0.4 is 10.1 Å². The maximum Gasteiger partial charge on any atom is 0.224 e. The summed E-state index contributed by atoms with van der Waals surface area (Å²) in [6, 6.07) is 15.9. The van der Waals surface area contributed by atoms with Gasteiger partial charge in [-0.05, 0) is 41.1 Å². The molecular weight excluding hydrogens is 294 g/mol. The van der Waals surface area contributed by atoms with E-state index in [0.717, 1.165) is 22.6 Å². The second-order valence-electron chi connectivity index (χ2n) is 4.88. The molecule has 2 aromatic carbocycles. The van der Waals surface area contributed by atoms with Crippen molar-refractivity contribution in [2.45, 2.75) is 24.8 Å². The molecule has 2 rings (SSSR count). The van der Waals surface area contributed by atoms with Crippen molar-refractivity contribution in [3.05, 3.63) is 59.7 Å². The highest BCUT2D eigenvalue weighted by molar-refractivity contribution is 7.99. The molecule has 0 saturated carbocycles. The minimum Gasteiger partial charge on any atom is -0.497 e. The third kappa shape index (κ3) is 5.11. The van der Waals surface area contributed by atoms with Gasteiger partial charge in [-0.1, -0.05) is 31.2 Å². The second-order valence-corrected chi connectivity index (χ2v) is 6.22.